The summed E-state index contributed by atoms with van der Waals surface area (Å²) < 4.78 is 10.2. The fourth-order valence-corrected chi connectivity index (χ4v) is 1.92. The lowest BCUT2D eigenvalue weighted by molar-refractivity contribution is 0.0680. The average molecular weight is 262 g/mol. The maximum atomic E-state index is 11.6. The quantitative estimate of drug-likeness (QED) is 0.603. The zero-order valence-electron chi connectivity index (χ0n) is 11.0. The van der Waals surface area contributed by atoms with Gasteiger partial charge in [-0.05, 0) is 6.92 Å². The van der Waals surface area contributed by atoms with Crippen molar-refractivity contribution in [1.29, 1.82) is 0 Å². The second-order valence-electron chi connectivity index (χ2n) is 4.10. The number of morpholine rings is 1. The van der Waals surface area contributed by atoms with E-state index in [4.69, 9.17) is 9.47 Å². The normalized spacial score (nSPS) is 16.3. The molecule has 19 heavy (non-hydrogen) atoms. The molecule has 0 bridgehead atoms. The predicted molar refractivity (Wildman–Crippen MR) is 72.4 cm³/mol. The fraction of sp³-hybridized carbons (Fsp3) is 0.429. The Morgan fingerprint density at radius 3 is 2.63 bits per heavy atom. The Balaban J connectivity index is 2.24. The standard InChI is InChI=1S/C14H18N2O3/c1-2-19-14(17)15-13(12-6-4-3-5-7-12)16-8-10-18-11-9-16/h3-7H,2,8-11H2,1H3. The maximum absolute atomic E-state index is 11.6. The van der Waals surface area contributed by atoms with Gasteiger partial charge in [0, 0.05) is 18.7 Å². The van der Waals surface area contributed by atoms with Crippen LogP contribution in [0.3, 0.4) is 0 Å². The van der Waals surface area contributed by atoms with Crippen LogP contribution in [0.25, 0.3) is 0 Å². The van der Waals surface area contributed by atoms with E-state index < -0.39 is 6.09 Å². The second-order valence-corrected chi connectivity index (χ2v) is 4.10. The summed E-state index contributed by atoms with van der Waals surface area (Å²) in [5.41, 5.74) is 0.914. The molecule has 1 aliphatic heterocycles. The van der Waals surface area contributed by atoms with Gasteiger partial charge in [0.1, 0.15) is 5.84 Å². The monoisotopic (exact) mass is 262 g/mol. The number of aliphatic imine (C=N–C) groups is 1. The van der Waals surface area contributed by atoms with E-state index in [9.17, 15) is 4.79 Å². The van der Waals surface area contributed by atoms with Crippen LogP contribution < -0.4 is 0 Å². The van der Waals surface area contributed by atoms with Crippen LogP contribution in [0.4, 0.5) is 4.79 Å². The molecule has 5 nitrogen and oxygen atoms in total. The summed E-state index contributed by atoms with van der Waals surface area (Å²) in [6.07, 6.45) is -0.548. The highest BCUT2D eigenvalue weighted by Gasteiger charge is 2.18. The van der Waals surface area contributed by atoms with Crippen LogP contribution in [0.2, 0.25) is 0 Å². The van der Waals surface area contributed by atoms with Crippen molar-refractivity contribution < 1.29 is 14.3 Å². The van der Waals surface area contributed by atoms with E-state index in [1.807, 2.05) is 30.3 Å². The summed E-state index contributed by atoms with van der Waals surface area (Å²) in [6, 6.07) is 9.67. The van der Waals surface area contributed by atoms with Crippen molar-refractivity contribution in [2.24, 2.45) is 4.99 Å². The number of amides is 1. The number of amidine groups is 1. The van der Waals surface area contributed by atoms with Crippen LogP contribution in [0.15, 0.2) is 35.3 Å². The van der Waals surface area contributed by atoms with E-state index in [0.29, 0.717) is 25.7 Å². The molecule has 1 aromatic rings. The molecule has 0 aromatic heterocycles. The third kappa shape index (κ3) is 3.79. The first-order valence-corrected chi connectivity index (χ1v) is 6.45. The van der Waals surface area contributed by atoms with Crippen LogP contribution in [0.5, 0.6) is 0 Å². The Bertz CT molecular complexity index is 439. The first-order chi connectivity index (χ1) is 9.31. The smallest absolute Gasteiger partial charge is 0.435 e. The molecule has 1 aromatic carbocycles. The highest BCUT2D eigenvalue weighted by molar-refractivity contribution is 6.03. The molecular weight excluding hydrogens is 244 g/mol. The van der Waals surface area contributed by atoms with Crippen LogP contribution in [0.1, 0.15) is 12.5 Å². The van der Waals surface area contributed by atoms with Crippen molar-refractivity contribution in [1.82, 2.24) is 4.90 Å². The number of nitrogens with zero attached hydrogens (tertiary/aromatic N) is 2. The van der Waals surface area contributed by atoms with Gasteiger partial charge in [0.05, 0.1) is 19.8 Å². The molecule has 0 spiro atoms. The third-order valence-electron chi connectivity index (χ3n) is 2.81. The van der Waals surface area contributed by atoms with Gasteiger partial charge < -0.3 is 14.4 Å². The molecule has 0 saturated carbocycles. The Morgan fingerprint density at radius 2 is 2.00 bits per heavy atom. The van der Waals surface area contributed by atoms with E-state index in [2.05, 4.69) is 9.89 Å². The topological polar surface area (TPSA) is 51.1 Å². The minimum atomic E-state index is -0.548. The molecule has 0 aliphatic carbocycles. The molecule has 1 amide bonds. The summed E-state index contributed by atoms with van der Waals surface area (Å²) in [5, 5.41) is 0. The Labute approximate surface area is 112 Å². The van der Waals surface area contributed by atoms with Gasteiger partial charge in [0.2, 0.25) is 0 Å². The zero-order chi connectivity index (χ0) is 13.5. The van der Waals surface area contributed by atoms with Gasteiger partial charge in [-0.25, -0.2) is 4.79 Å². The summed E-state index contributed by atoms with van der Waals surface area (Å²) in [6.45, 7) is 4.85. The van der Waals surface area contributed by atoms with Crippen LogP contribution in [-0.4, -0.2) is 49.7 Å². The summed E-state index contributed by atoms with van der Waals surface area (Å²) >= 11 is 0. The van der Waals surface area contributed by atoms with Crippen molar-refractivity contribution in [2.75, 3.05) is 32.9 Å². The maximum Gasteiger partial charge on any atom is 0.435 e. The van der Waals surface area contributed by atoms with E-state index in [1.165, 1.54) is 0 Å². The zero-order valence-corrected chi connectivity index (χ0v) is 11.0. The lowest BCUT2D eigenvalue weighted by Crippen LogP contribution is -2.41. The Morgan fingerprint density at radius 1 is 1.32 bits per heavy atom. The molecule has 0 radical (unpaired) electrons. The van der Waals surface area contributed by atoms with Gasteiger partial charge in [0.15, 0.2) is 0 Å². The van der Waals surface area contributed by atoms with Gasteiger partial charge in [-0.3, -0.25) is 0 Å². The SMILES string of the molecule is CCOC(=O)N=C(c1ccccc1)N1CCOCC1. The summed E-state index contributed by atoms with van der Waals surface area (Å²) in [4.78, 5) is 17.7. The highest BCUT2D eigenvalue weighted by atomic mass is 16.5. The molecule has 5 heteroatoms. The van der Waals surface area contributed by atoms with E-state index in [0.717, 1.165) is 18.7 Å². The Hall–Kier alpha value is -1.88. The largest absolute Gasteiger partial charge is 0.448 e. The third-order valence-corrected chi connectivity index (χ3v) is 2.81. The van der Waals surface area contributed by atoms with Gasteiger partial charge in [-0.1, -0.05) is 30.3 Å². The molecule has 0 N–H and O–H groups in total. The Kier molecular flexibility index (Phi) is 4.92. The molecule has 1 fully saturated rings. The predicted octanol–water partition coefficient (Wildman–Crippen LogP) is 1.92. The second kappa shape index (κ2) is 6.89. The summed E-state index contributed by atoms with van der Waals surface area (Å²) in [5.74, 6) is 0.655. The van der Waals surface area contributed by atoms with E-state index >= 15 is 0 Å². The number of carbonyl (C=O) groups excluding carboxylic acids is 1. The minimum absolute atomic E-state index is 0.327. The molecule has 0 unspecified atom stereocenters. The van der Waals surface area contributed by atoms with Crippen molar-refractivity contribution in [3.8, 4) is 0 Å². The van der Waals surface area contributed by atoms with Crippen LogP contribution in [0, 0.1) is 0 Å². The van der Waals surface area contributed by atoms with Gasteiger partial charge >= 0.3 is 6.09 Å². The molecule has 1 heterocycles. The summed E-state index contributed by atoms with van der Waals surface area (Å²) in [7, 11) is 0. The number of ether oxygens (including phenoxy) is 2. The lowest BCUT2D eigenvalue weighted by atomic mass is 10.2. The fourth-order valence-electron chi connectivity index (χ4n) is 1.92. The number of hydrogen-bond acceptors (Lipinski definition) is 3. The number of rotatable bonds is 2. The van der Waals surface area contributed by atoms with Crippen molar-refractivity contribution >= 4 is 11.9 Å². The molecule has 2 rings (SSSR count). The first-order valence-electron chi connectivity index (χ1n) is 6.45. The number of carbonyl (C=O) groups is 1. The molecule has 102 valence electrons. The minimum Gasteiger partial charge on any atom is -0.448 e. The van der Waals surface area contributed by atoms with Crippen molar-refractivity contribution in [2.45, 2.75) is 6.92 Å². The van der Waals surface area contributed by atoms with E-state index in [-0.39, 0.29) is 0 Å². The van der Waals surface area contributed by atoms with Gasteiger partial charge in [0.25, 0.3) is 0 Å². The molecule has 1 saturated heterocycles. The van der Waals surface area contributed by atoms with Gasteiger partial charge in [-0.2, -0.15) is 4.99 Å². The molecule has 0 atom stereocenters. The number of benzene rings is 1. The lowest BCUT2D eigenvalue weighted by Gasteiger charge is -2.29. The van der Waals surface area contributed by atoms with Crippen molar-refractivity contribution in [3.05, 3.63) is 35.9 Å². The van der Waals surface area contributed by atoms with Crippen molar-refractivity contribution in [3.63, 3.8) is 0 Å². The van der Waals surface area contributed by atoms with Crippen LogP contribution in [-0.2, 0) is 9.47 Å². The molecule has 1 aliphatic rings. The van der Waals surface area contributed by atoms with Crippen LogP contribution >= 0.6 is 0 Å². The first kappa shape index (κ1) is 13.5. The molecular formula is C14H18N2O3. The average Bonchev–Trinajstić information content (AvgIpc) is 2.47. The highest BCUT2D eigenvalue weighted by Crippen LogP contribution is 2.09. The number of hydrogen-bond donors (Lipinski definition) is 0. The van der Waals surface area contributed by atoms with Gasteiger partial charge in [-0.15, -0.1) is 0 Å². The van der Waals surface area contributed by atoms with E-state index in [1.54, 1.807) is 6.92 Å².